The van der Waals surface area contributed by atoms with Gasteiger partial charge in [0, 0.05) is 0 Å². The van der Waals surface area contributed by atoms with Crippen molar-refractivity contribution in [3.63, 3.8) is 0 Å². The maximum atomic E-state index is 10.6. The summed E-state index contributed by atoms with van der Waals surface area (Å²) in [7, 11) is 1.27. The second-order valence-corrected chi connectivity index (χ2v) is 2.28. The van der Waals surface area contributed by atoms with E-state index >= 15 is 0 Å². The summed E-state index contributed by atoms with van der Waals surface area (Å²) in [6, 6.07) is 0. The molecule has 1 aliphatic heterocycles. The van der Waals surface area contributed by atoms with Crippen molar-refractivity contribution in [2.75, 3.05) is 20.2 Å². The highest BCUT2D eigenvalue weighted by Gasteiger charge is 2.22. The maximum absolute atomic E-state index is 10.6. The lowest BCUT2D eigenvalue weighted by molar-refractivity contribution is 0.132. The topological polar surface area (TPSA) is 76.7 Å². The number of methoxy groups -OCH3 is 1. The first-order valence-corrected chi connectivity index (χ1v) is 3.48. The van der Waals surface area contributed by atoms with Crippen molar-refractivity contribution >= 4 is 12.2 Å². The van der Waals surface area contributed by atoms with E-state index in [1.165, 1.54) is 7.11 Å². The molecule has 6 nitrogen and oxygen atoms in total. The zero-order valence-electron chi connectivity index (χ0n) is 6.62. The Morgan fingerprint density at radius 3 is 3.17 bits per heavy atom. The summed E-state index contributed by atoms with van der Waals surface area (Å²) in [5, 5.41) is 4.87. The van der Waals surface area contributed by atoms with Gasteiger partial charge in [-0.15, -0.1) is 0 Å². The number of nitrogens with one attached hydrogen (secondary N) is 2. The minimum absolute atomic E-state index is 0.269. The quantitative estimate of drug-likeness (QED) is 0.589. The molecule has 0 aliphatic carbocycles. The van der Waals surface area contributed by atoms with Crippen molar-refractivity contribution in [2.24, 2.45) is 0 Å². The van der Waals surface area contributed by atoms with Crippen LogP contribution in [0.3, 0.4) is 0 Å². The Balaban J connectivity index is 2.16. The summed E-state index contributed by atoms with van der Waals surface area (Å²) < 4.78 is 9.06. The third kappa shape index (κ3) is 2.30. The molecule has 0 radical (unpaired) electrons. The number of amides is 2. The van der Waals surface area contributed by atoms with Gasteiger partial charge in [-0.2, -0.15) is 0 Å². The number of carbonyl (C=O) groups is 2. The van der Waals surface area contributed by atoms with E-state index in [-0.39, 0.29) is 12.6 Å². The van der Waals surface area contributed by atoms with Crippen LogP contribution in [0.2, 0.25) is 0 Å². The van der Waals surface area contributed by atoms with Crippen LogP contribution in [0.15, 0.2) is 0 Å². The SMILES string of the molecule is COC(=O)NC[C@H]1CNC(=O)O1. The van der Waals surface area contributed by atoms with Crippen molar-refractivity contribution in [3.05, 3.63) is 0 Å². The van der Waals surface area contributed by atoms with Crippen LogP contribution in [-0.2, 0) is 9.47 Å². The summed E-state index contributed by atoms with van der Waals surface area (Å²) in [5.41, 5.74) is 0. The van der Waals surface area contributed by atoms with Crippen LogP contribution < -0.4 is 10.6 Å². The predicted octanol–water partition coefficient (Wildman–Crippen LogP) is -0.549. The third-order valence-electron chi connectivity index (χ3n) is 1.41. The van der Waals surface area contributed by atoms with E-state index in [9.17, 15) is 9.59 Å². The molecule has 12 heavy (non-hydrogen) atoms. The summed E-state index contributed by atoms with van der Waals surface area (Å²) in [5.74, 6) is 0. The van der Waals surface area contributed by atoms with Gasteiger partial charge in [-0.25, -0.2) is 9.59 Å². The molecule has 0 aromatic carbocycles. The lowest BCUT2D eigenvalue weighted by atomic mass is 10.4. The summed E-state index contributed by atoms with van der Waals surface area (Å²) in [6.07, 6.45) is -1.28. The highest BCUT2D eigenvalue weighted by Crippen LogP contribution is 1.97. The van der Waals surface area contributed by atoms with Crippen molar-refractivity contribution < 1.29 is 19.1 Å². The molecule has 0 bridgehead atoms. The molecule has 1 atom stereocenters. The van der Waals surface area contributed by atoms with Gasteiger partial charge in [0.25, 0.3) is 0 Å². The van der Waals surface area contributed by atoms with Gasteiger partial charge < -0.3 is 20.1 Å². The lowest BCUT2D eigenvalue weighted by Gasteiger charge is -2.07. The minimum Gasteiger partial charge on any atom is -0.453 e. The molecule has 1 fully saturated rings. The Hall–Kier alpha value is -1.46. The second kappa shape index (κ2) is 3.80. The van der Waals surface area contributed by atoms with E-state index < -0.39 is 12.2 Å². The Kier molecular flexibility index (Phi) is 2.73. The molecule has 1 aliphatic rings. The van der Waals surface area contributed by atoms with Crippen LogP contribution in [0, 0.1) is 0 Å². The van der Waals surface area contributed by atoms with E-state index in [1.54, 1.807) is 0 Å². The molecule has 0 aromatic heterocycles. The highest BCUT2D eigenvalue weighted by atomic mass is 16.6. The van der Waals surface area contributed by atoms with E-state index in [1.807, 2.05) is 0 Å². The Morgan fingerprint density at radius 2 is 2.67 bits per heavy atom. The number of hydrogen-bond acceptors (Lipinski definition) is 4. The second-order valence-electron chi connectivity index (χ2n) is 2.28. The normalized spacial score (nSPS) is 21.1. The summed E-state index contributed by atoms with van der Waals surface area (Å²) in [6.45, 7) is 0.689. The lowest BCUT2D eigenvalue weighted by Crippen LogP contribution is -2.33. The zero-order valence-corrected chi connectivity index (χ0v) is 6.62. The largest absolute Gasteiger partial charge is 0.453 e. The Morgan fingerprint density at radius 1 is 1.92 bits per heavy atom. The molecule has 2 N–H and O–H groups in total. The molecule has 2 amide bonds. The average Bonchev–Trinajstić information content (AvgIpc) is 2.47. The van der Waals surface area contributed by atoms with Gasteiger partial charge in [-0.3, -0.25) is 0 Å². The standard InChI is InChI=1S/C6H10N2O4/c1-11-5(9)7-2-4-3-8-6(10)12-4/h4H,2-3H2,1H3,(H,7,9)(H,8,10)/t4-/m0/s1. The summed E-state index contributed by atoms with van der Waals surface area (Å²) in [4.78, 5) is 21.0. The van der Waals surface area contributed by atoms with E-state index in [4.69, 9.17) is 4.74 Å². The van der Waals surface area contributed by atoms with Crippen LogP contribution in [0.1, 0.15) is 0 Å². The molecule has 68 valence electrons. The number of hydrogen-bond donors (Lipinski definition) is 2. The molecule has 1 heterocycles. The Bertz CT molecular complexity index is 194. The molecular formula is C6H10N2O4. The van der Waals surface area contributed by atoms with Gasteiger partial charge in [-0.1, -0.05) is 0 Å². The molecule has 0 unspecified atom stereocenters. The first-order chi connectivity index (χ1) is 5.72. The fourth-order valence-corrected chi connectivity index (χ4v) is 0.815. The minimum atomic E-state index is -0.530. The van der Waals surface area contributed by atoms with Gasteiger partial charge in [0.1, 0.15) is 6.10 Å². The van der Waals surface area contributed by atoms with Crippen LogP contribution >= 0.6 is 0 Å². The number of rotatable bonds is 2. The van der Waals surface area contributed by atoms with Crippen LogP contribution in [0.5, 0.6) is 0 Å². The van der Waals surface area contributed by atoms with Gasteiger partial charge >= 0.3 is 12.2 Å². The fourth-order valence-electron chi connectivity index (χ4n) is 0.815. The maximum Gasteiger partial charge on any atom is 0.407 e. The molecule has 1 rings (SSSR count). The number of carbonyl (C=O) groups excluding carboxylic acids is 2. The molecule has 0 aromatic rings. The molecule has 1 saturated heterocycles. The number of alkyl carbamates (subject to hydrolysis) is 2. The van der Waals surface area contributed by atoms with Gasteiger partial charge in [0.15, 0.2) is 0 Å². The van der Waals surface area contributed by atoms with Crippen molar-refractivity contribution in [1.29, 1.82) is 0 Å². The fraction of sp³-hybridized carbons (Fsp3) is 0.667. The number of cyclic esters (lactones) is 1. The van der Waals surface area contributed by atoms with E-state index in [2.05, 4.69) is 15.4 Å². The van der Waals surface area contributed by atoms with Gasteiger partial charge in [0.2, 0.25) is 0 Å². The third-order valence-corrected chi connectivity index (χ3v) is 1.41. The summed E-state index contributed by atoms with van der Waals surface area (Å²) >= 11 is 0. The van der Waals surface area contributed by atoms with Gasteiger partial charge in [0.05, 0.1) is 20.2 Å². The monoisotopic (exact) mass is 174 g/mol. The van der Waals surface area contributed by atoms with Gasteiger partial charge in [-0.05, 0) is 0 Å². The van der Waals surface area contributed by atoms with Crippen LogP contribution in [-0.4, -0.2) is 38.5 Å². The number of ether oxygens (including phenoxy) is 2. The van der Waals surface area contributed by atoms with Crippen molar-refractivity contribution in [3.8, 4) is 0 Å². The molecule has 0 spiro atoms. The smallest absolute Gasteiger partial charge is 0.407 e. The van der Waals surface area contributed by atoms with E-state index in [0.29, 0.717) is 6.54 Å². The van der Waals surface area contributed by atoms with Crippen LogP contribution in [0.25, 0.3) is 0 Å². The van der Waals surface area contributed by atoms with Crippen LogP contribution in [0.4, 0.5) is 9.59 Å². The Labute approximate surface area is 69.2 Å². The van der Waals surface area contributed by atoms with Crippen molar-refractivity contribution in [2.45, 2.75) is 6.10 Å². The molecule has 6 heteroatoms. The average molecular weight is 174 g/mol. The highest BCUT2D eigenvalue weighted by molar-refractivity contribution is 5.70. The van der Waals surface area contributed by atoms with E-state index in [0.717, 1.165) is 0 Å². The first kappa shape index (κ1) is 8.63. The molecule has 0 saturated carbocycles. The zero-order chi connectivity index (χ0) is 8.97. The predicted molar refractivity (Wildman–Crippen MR) is 38.7 cm³/mol. The first-order valence-electron chi connectivity index (χ1n) is 3.48. The van der Waals surface area contributed by atoms with Crippen molar-refractivity contribution in [1.82, 2.24) is 10.6 Å². The molecular weight excluding hydrogens is 164 g/mol.